The first-order valence-corrected chi connectivity index (χ1v) is 9.23. The highest BCUT2D eigenvalue weighted by Crippen LogP contribution is 2.22. The molecule has 0 aliphatic rings. The van der Waals surface area contributed by atoms with Crippen molar-refractivity contribution in [3.63, 3.8) is 0 Å². The number of nitrogens with one attached hydrogen (secondary N) is 2. The van der Waals surface area contributed by atoms with E-state index in [4.69, 9.17) is 0 Å². The lowest BCUT2D eigenvalue weighted by molar-refractivity contribution is 0.0960. The molecule has 0 saturated carbocycles. The molecule has 0 aliphatic heterocycles. The largest absolute Gasteiger partial charge is 0.507 e. The zero-order chi connectivity index (χ0) is 19.6. The standard InChI is InChI=1S/C21H29N3O3/c1-22-21(27)18-14-16(10-11-19(18)25)20(26)15-23-12-6-7-13-24(2)17-8-4-3-5-9-17/h3-5,8-11,14,20,23,25-26H,6-7,12-13,15H2,1-2H3,(H,22,27). The lowest BCUT2D eigenvalue weighted by atomic mass is 10.0. The molecule has 2 aromatic rings. The Kier molecular flexibility index (Phi) is 8.10. The summed E-state index contributed by atoms with van der Waals surface area (Å²) in [6.45, 7) is 2.17. The Hall–Kier alpha value is -2.57. The number of benzene rings is 2. The topological polar surface area (TPSA) is 84.8 Å². The van der Waals surface area contributed by atoms with Gasteiger partial charge in [0.25, 0.3) is 5.91 Å². The molecular weight excluding hydrogens is 342 g/mol. The number of hydrogen-bond donors (Lipinski definition) is 4. The molecule has 0 bridgehead atoms. The molecule has 4 N–H and O–H groups in total. The average Bonchev–Trinajstić information content (AvgIpc) is 2.70. The van der Waals surface area contributed by atoms with Gasteiger partial charge in [0.2, 0.25) is 0 Å². The molecule has 2 rings (SSSR count). The van der Waals surface area contributed by atoms with Crippen molar-refractivity contribution in [2.75, 3.05) is 38.6 Å². The molecule has 0 radical (unpaired) electrons. The maximum atomic E-state index is 11.7. The van der Waals surface area contributed by atoms with E-state index in [0.29, 0.717) is 12.1 Å². The number of amides is 1. The van der Waals surface area contributed by atoms with Crippen molar-refractivity contribution in [3.05, 3.63) is 59.7 Å². The third-order valence-corrected chi connectivity index (χ3v) is 4.51. The molecule has 0 heterocycles. The Labute approximate surface area is 160 Å². The van der Waals surface area contributed by atoms with Crippen LogP contribution >= 0.6 is 0 Å². The molecule has 146 valence electrons. The van der Waals surface area contributed by atoms with Gasteiger partial charge in [0.15, 0.2) is 0 Å². The number of hydrogen-bond acceptors (Lipinski definition) is 5. The summed E-state index contributed by atoms with van der Waals surface area (Å²) in [7, 11) is 3.59. The van der Waals surface area contributed by atoms with Gasteiger partial charge in [-0.05, 0) is 49.2 Å². The summed E-state index contributed by atoms with van der Waals surface area (Å²) in [6, 6.07) is 14.9. The first kappa shape index (κ1) is 20.7. The van der Waals surface area contributed by atoms with Crippen molar-refractivity contribution >= 4 is 11.6 Å². The fourth-order valence-electron chi connectivity index (χ4n) is 2.84. The minimum absolute atomic E-state index is 0.0965. The molecule has 0 spiro atoms. The van der Waals surface area contributed by atoms with Crippen LogP contribution < -0.4 is 15.5 Å². The van der Waals surface area contributed by atoms with E-state index in [2.05, 4.69) is 34.7 Å². The molecule has 27 heavy (non-hydrogen) atoms. The highest BCUT2D eigenvalue weighted by atomic mass is 16.3. The molecule has 0 aliphatic carbocycles. The summed E-state index contributed by atoms with van der Waals surface area (Å²) >= 11 is 0. The summed E-state index contributed by atoms with van der Waals surface area (Å²) < 4.78 is 0. The van der Waals surface area contributed by atoms with Crippen LogP contribution in [0, 0.1) is 0 Å². The lowest BCUT2D eigenvalue weighted by Crippen LogP contribution is -2.24. The van der Waals surface area contributed by atoms with Crippen LogP contribution in [0.5, 0.6) is 5.75 Å². The third kappa shape index (κ3) is 6.27. The van der Waals surface area contributed by atoms with E-state index < -0.39 is 6.10 Å². The van der Waals surface area contributed by atoms with E-state index in [1.54, 1.807) is 6.07 Å². The molecular formula is C21H29N3O3. The van der Waals surface area contributed by atoms with Crippen LogP contribution in [0.15, 0.2) is 48.5 Å². The number of aromatic hydroxyl groups is 1. The molecule has 1 atom stereocenters. The van der Waals surface area contributed by atoms with Crippen molar-refractivity contribution < 1.29 is 15.0 Å². The normalized spacial score (nSPS) is 11.8. The monoisotopic (exact) mass is 371 g/mol. The van der Waals surface area contributed by atoms with Gasteiger partial charge >= 0.3 is 0 Å². The van der Waals surface area contributed by atoms with Crippen LogP contribution in [-0.2, 0) is 0 Å². The fourth-order valence-corrected chi connectivity index (χ4v) is 2.84. The Morgan fingerprint density at radius 2 is 1.89 bits per heavy atom. The van der Waals surface area contributed by atoms with E-state index in [0.717, 1.165) is 25.9 Å². The first-order valence-electron chi connectivity index (χ1n) is 9.23. The number of aliphatic hydroxyl groups excluding tert-OH is 1. The molecule has 6 heteroatoms. The van der Waals surface area contributed by atoms with Crippen molar-refractivity contribution in [2.24, 2.45) is 0 Å². The van der Waals surface area contributed by atoms with Crippen molar-refractivity contribution in [3.8, 4) is 5.75 Å². The van der Waals surface area contributed by atoms with Gasteiger partial charge in [-0.15, -0.1) is 0 Å². The van der Waals surface area contributed by atoms with E-state index in [9.17, 15) is 15.0 Å². The smallest absolute Gasteiger partial charge is 0.254 e. The second-order valence-electron chi connectivity index (χ2n) is 6.54. The Bertz CT molecular complexity index is 722. The minimum atomic E-state index is -0.735. The van der Waals surface area contributed by atoms with E-state index >= 15 is 0 Å². The molecule has 0 saturated heterocycles. The molecule has 1 unspecified atom stereocenters. The highest BCUT2D eigenvalue weighted by molar-refractivity contribution is 5.96. The third-order valence-electron chi connectivity index (χ3n) is 4.51. The van der Waals surface area contributed by atoms with E-state index in [1.165, 1.54) is 24.9 Å². The zero-order valence-electron chi connectivity index (χ0n) is 16.0. The fraction of sp³-hybridized carbons (Fsp3) is 0.381. The summed E-state index contributed by atoms with van der Waals surface area (Å²) in [4.78, 5) is 14.0. The number of phenolic OH excluding ortho intramolecular Hbond substituents is 1. The van der Waals surface area contributed by atoms with Crippen LogP contribution in [0.3, 0.4) is 0 Å². The van der Waals surface area contributed by atoms with Gasteiger partial charge in [-0.25, -0.2) is 0 Å². The number of phenols is 1. The average molecular weight is 371 g/mol. The van der Waals surface area contributed by atoms with Gasteiger partial charge in [-0.3, -0.25) is 4.79 Å². The number of anilines is 1. The maximum Gasteiger partial charge on any atom is 0.254 e. The quantitative estimate of drug-likeness (QED) is 0.482. The summed E-state index contributed by atoms with van der Waals surface area (Å²) in [5, 5.41) is 25.8. The molecule has 6 nitrogen and oxygen atoms in total. The van der Waals surface area contributed by atoms with Crippen LogP contribution in [0.4, 0.5) is 5.69 Å². The molecule has 0 fully saturated rings. The Morgan fingerprint density at radius 3 is 2.59 bits per heavy atom. The molecule has 0 aromatic heterocycles. The number of carbonyl (C=O) groups excluding carboxylic acids is 1. The number of aliphatic hydroxyl groups is 1. The van der Waals surface area contributed by atoms with Crippen molar-refractivity contribution in [1.29, 1.82) is 0 Å². The summed E-state index contributed by atoms with van der Waals surface area (Å²) in [6.07, 6.45) is 1.32. The van der Waals surface area contributed by atoms with Crippen LogP contribution in [0.2, 0.25) is 0 Å². The first-order chi connectivity index (χ1) is 13.0. The predicted molar refractivity (Wildman–Crippen MR) is 108 cm³/mol. The molecule has 1 amide bonds. The maximum absolute atomic E-state index is 11.7. The van der Waals surface area contributed by atoms with Gasteiger partial charge in [0, 0.05) is 32.9 Å². The highest BCUT2D eigenvalue weighted by Gasteiger charge is 2.14. The van der Waals surface area contributed by atoms with Gasteiger partial charge < -0.3 is 25.7 Å². The summed E-state index contributed by atoms with van der Waals surface area (Å²) in [5.74, 6) is -0.474. The minimum Gasteiger partial charge on any atom is -0.507 e. The predicted octanol–water partition coefficient (Wildman–Crippen LogP) is 2.29. The van der Waals surface area contributed by atoms with Crippen molar-refractivity contribution in [2.45, 2.75) is 18.9 Å². The Balaban J connectivity index is 1.70. The van der Waals surface area contributed by atoms with Gasteiger partial charge in [0.1, 0.15) is 5.75 Å². The second kappa shape index (κ2) is 10.5. The molecule has 2 aromatic carbocycles. The SMILES string of the molecule is CNC(=O)c1cc(C(O)CNCCCCN(C)c2ccccc2)ccc1O. The van der Waals surface area contributed by atoms with Gasteiger partial charge in [-0.2, -0.15) is 0 Å². The van der Waals surface area contributed by atoms with Crippen LogP contribution in [0.1, 0.15) is 34.9 Å². The number of nitrogens with zero attached hydrogens (tertiary/aromatic N) is 1. The lowest BCUT2D eigenvalue weighted by Gasteiger charge is -2.19. The van der Waals surface area contributed by atoms with Crippen molar-refractivity contribution in [1.82, 2.24) is 10.6 Å². The van der Waals surface area contributed by atoms with Crippen LogP contribution in [-0.4, -0.2) is 49.8 Å². The number of rotatable bonds is 10. The zero-order valence-corrected chi connectivity index (χ0v) is 16.0. The number of unbranched alkanes of at least 4 members (excludes halogenated alkanes) is 1. The van der Waals surface area contributed by atoms with Crippen LogP contribution in [0.25, 0.3) is 0 Å². The number of carbonyl (C=O) groups is 1. The Morgan fingerprint density at radius 1 is 1.15 bits per heavy atom. The second-order valence-corrected chi connectivity index (χ2v) is 6.54. The van der Waals surface area contributed by atoms with E-state index in [1.807, 2.05) is 18.2 Å². The van der Waals surface area contributed by atoms with Gasteiger partial charge in [-0.1, -0.05) is 24.3 Å². The van der Waals surface area contributed by atoms with Gasteiger partial charge in [0.05, 0.1) is 11.7 Å². The number of para-hydroxylation sites is 1. The summed E-state index contributed by atoms with van der Waals surface area (Å²) in [5.41, 5.74) is 1.97. The van der Waals surface area contributed by atoms with E-state index in [-0.39, 0.29) is 17.2 Å².